The summed E-state index contributed by atoms with van der Waals surface area (Å²) in [5.41, 5.74) is 7.21. The van der Waals surface area contributed by atoms with Crippen molar-refractivity contribution in [1.29, 1.82) is 0 Å². The number of carboxylic acid groups (broad SMARTS) is 1. The van der Waals surface area contributed by atoms with Gasteiger partial charge in [0.15, 0.2) is 0 Å². The van der Waals surface area contributed by atoms with Crippen molar-refractivity contribution >= 4 is 44.9 Å². The van der Waals surface area contributed by atoms with Crippen LogP contribution >= 0.6 is 11.3 Å². The van der Waals surface area contributed by atoms with Gasteiger partial charge >= 0.3 is 12.0 Å². The highest BCUT2D eigenvalue weighted by Gasteiger charge is 2.14. The summed E-state index contributed by atoms with van der Waals surface area (Å²) in [5.74, 6) is -1.23. The summed E-state index contributed by atoms with van der Waals surface area (Å²) in [5, 5.41) is 16.4. The van der Waals surface area contributed by atoms with Crippen molar-refractivity contribution in [3.8, 4) is 22.4 Å². The molecule has 0 spiro atoms. The number of halogens is 1. The third-order valence-electron chi connectivity index (χ3n) is 6.11. The number of carboxylic acids is 1. The van der Waals surface area contributed by atoms with Gasteiger partial charge in [-0.25, -0.2) is 19.2 Å². The average Bonchev–Trinajstić information content (AvgIpc) is 3.35. The topological polar surface area (TPSA) is 104 Å². The van der Waals surface area contributed by atoms with E-state index in [4.69, 9.17) is 5.11 Å². The van der Waals surface area contributed by atoms with Crippen LogP contribution in [0.3, 0.4) is 0 Å². The van der Waals surface area contributed by atoms with Gasteiger partial charge in [0.2, 0.25) is 0 Å². The van der Waals surface area contributed by atoms with E-state index < -0.39 is 17.8 Å². The van der Waals surface area contributed by atoms with E-state index in [2.05, 4.69) is 20.6 Å². The van der Waals surface area contributed by atoms with Gasteiger partial charge in [-0.2, -0.15) is 0 Å². The number of carbonyl (C=O) groups excluding carboxylic acids is 1. The summed E-state index contributed by atoms with van der Waals surface area (Å²) in [6.07, 6.45) is 2.13. The van der Waals surface area contributed by atoms with Gasteiger partial charge < -0.3 is 15.7 Å². The van der Waals surface area contributed by atoms with Gasteiger partial charge in [0.05, 0.1) is 15.9 Å². The number of amides is 2. The second-order valence-electron chi connectivity index (χ2n) is 8.76. The lowest BCUT2D eigenvalue weighted by Gasteiger charge is -2.10. The van der Waals surface area contributed by atoms with Crippen LogP contribution in [0, 0.1) is 12.7 Å². The number of nitrogens with zero attached hydrogens (tertiary/aromatic N) is 2. The Morgan fingerprint density at radius 1 is 0.947 bits per heavy atom. The van der Waals surface area contributed by atoms with Gasteiger partial charge in [0, 0.05) is 34.3 Å². The van der Waals surface area contributed by atoms with Gasteiger partial charge in [0.1, 0.15) is 12.1 Å². The number of aliphatic carboxylic acids is 1. The van der Waals surface area contributed by atoms with Crippen molar-refractivity contribution in [1.82, 2.24) is 9.97 Å². The minimum atomic E-state index is -0.812. The Morgan fingerprint density at radius 2 is 1.68 bits per heavy atom. The first-order valence-corrected chi connectivity index (χ1v) is 12.7. The van der Waals surface area contributed by atoms with Gasteiger partial charge in [-0.1, -0.05) is 42.5 Å². The number of rotatable bonds is 7. The van der Waals surface area contributed by atoms with Crippen LogP contribution in [-0.4, -0.2) is 27.1 Å². The normalized spacial score (nSPS) is 10.9. The van der Waals surface area contributed by atoms with E-state index in [1.54, 1.807) is 36.5 Å². The van der Waals surface area contributed by atoms with Crippen molar-refractivity contribution in [3.05, 3.63) is 95.4 Å². The van der Waals surface area contributed by atoms with Crippen LogP contribution in [-0.2, 0) is 11.2 Å². The molecule has 0 unspecified atom stereocenters. The molecule has 0 aliphatic heterocycles. The molecule has 38 heavy (non-hydrogen) atoms. The highest BCUT2D eigenvalue weighted by molar-refractivity contribution is 7.18. The Morgan fingerprint density at radius 3 is 2.42 bits per heavy atom. The number of benzene rings is 3. The number of anilines is 2. The third-order valence-corrected chi connectivity index (χ3v) is 7.09. The standard InChI is InChI=1S/C29H23FN4O3S/c1-17-2-10-21(30)14-24(17)34-29(37)33-22-11-8-20(9-12-22)26-28-27(32-16-31-26)23(15-38-28)19-6-3-18(4-7-19)5-13-25(35)36/h2-4,6-12,14-16H,5,13H2,1H3,(H,35,36)(H2,33,34,37). The molecular formula is C29H23FN4O3S. The number of urea groups is 1. The Balaban J connectivity index is 1.33. The molecule has 0 bridgehead atoms. The van der Waals surface area contributed by atoms with Crippen molar-refractivity contribution in [2.24, 2.45) is 0 Å². The molecule has 0 aliphatic carbocycles. The molecule has 3 N–H and O–H groups in total. The second kappa shape index (κ2) is 10.8. The number of carbonyl (C=O) groups is 2. The summed E-state index contributed by atoms with van der Waals surface area (Å²) >= 11 is 1.55. The van der Waals surface area contributed by atoms with E-state index in [0.29, 0.717) is 17.8 Å². The van der Waals surface area contributed by atoms with E-state index in [1.165, 1.54) is 18.5 Å². The first-order valence-electron chi connectivity index (χ1n) is 11.9. The van der Waals surface area contributed by atoms with Gasteiger partial charge in [-0.05, 0) is 54.3 Å². The fraction of sp³-hybridized carbons (Fsp3) is 0.103. The Labute approximate surface area is 222 Å². The molecule has 0 saturated heterocycles. The molecule has 2 heterocycles. The molecule has 5 rings (SSSR count). The Kier molecular flexibility index (Phi) is 7.10. The molecule has 7 nitrogen and oxygen atoms in total. The van der Waals surface area contributed by atoms with Crippen molar-refractivity contribution in [2.75, 3.05) is 10.6 Å². The van der Waals surface area contributed by atoms with Gasteiger partial charge in [-0.3, -0.25) is 4.79 Å². The first kappa shape index (κ1) is 25.0. The zero-order valence-electron chi connectivity index (χ0n) is 20.4. The second-order valence-corrected chi connectivity index (χ2v) is 9.64. The van der Waals surface area contributed by atoms with E-state index in [0.717, 1.165) is 43.7 Å². The molecule has 2 aromatic heterocycles. The van der Waals surface area contributed by atoms with E-state index >= 15 is 0 Å². The van der Waals surface area contributed by atoms with Crippen molar-refractivity contribution in [2.45, 2.75) is 19.8 Å². The van der Waals surface area contributed by atoms with Crippen LogP contribution in [0.2, 0.25) is 0 Å². The van der Waals surface area contributed by atoms with Crippen LogP contribution in [0.15, 0.2) is 78.4 Å². The summed E-state index contributed by atoms with van der Waals surface area (Å²) in [7, 11) is 0. The molecule has 2 amide bonds. The van der Waals surface area contributed by atoms with Crippen LogP contribution in [0.25, 0.3) is 32.6 Å². The fourth-order valence-corrected chi connectivity index (χ4v) is 5.13. The largest absolute Gasteiger partial charge is 0.481 e. The maximum Gasteiger partial charge on any atom is 0.323 e. The molecule has 0 atom stereocenters. The van der Waals surface area contributed by atoms with E-state index in [-0.39, 0.29) is 6.42 Å². The summed E-state index contributed by atoms with van der Waals surface area (Å²) in [4.78, 5) is 32.3. The fourth-order valence-electron chi connectivity index (χ4n) is 4.09. The number of hydrogen-bond acceptors (Lipinski definition) is 5. The molecule has 5 aromatic rings. The molecular weight excluding hydrogens is 503 g/mol. The minimum absolute atomic E-state index is 0.100. The van der Waals surface area contributed by atoms with Crippen molar-refractivity contribution in [3.63, 3.8) is 0 Å². The lowest BCUT2D eigenvalue weighted by atomic mass is 10.0. The average molecular weight is 527 g/mol. The number of nitrogens with one attached hydrogen (secondary N) is 2. The Hall–Kier alpha value is -4.63. The van der Waals surface area contributed by atoms with Crippen LogP contribution in [0.5, 0.6) is 0 Å². The van der Waals surface area contributed by atoms with Crippen LogP contribution < -0.4 is 10.6 Å². The first-order chi connectivity index (χ1) is 18.4. The lowest BCUT2D eigenvalue weighted by Crippen LogP contribution is -2.20. The molecule has 0 fully saturated rings. The maximum absolute atomic E-state index is 13.5. The molecule has 9 heteroatoms. The summed E-state index contributed by atoms with van der Waals surface area (Å²) in [6, 6.07) is 18.9. The molecule has 0 aliphatic rings. The number of fused-ring (bicyclic) bond motifs is 1. The number of aromatic nitrogens is 2. The summed E-state index contributed by atoms with van der Waals surface area (Å²) in [6.45, 7) is 1.79. The zero-order valence-corrected chi connectivity index (χ0v) is 21.2. The maximum atomic E-state index is 13.5. The predicted molar refractivity (Wildman–Crippen MR) is 148 cm³/mol. The van der Waals surface area contributed by atoms with Gasteiger partial charge in [-0.15, -0.1) is 11.3 Å². The highest BCUT2D eigenvalue weighted by atomic mass is 32.1. The molecule has 3 aromatic carbocycles. The smallest absolute Gasteiger partial charge is 0.323 e. The molecule has 190 valence electrons. The SMILES string of the molecule is Cc1ccc(F)cc1NC(=O)Nc1ccc(-c2ncnc3c(-c4ccc(CCC(=O)O)cc4)csc23)cc1. The number of hydrogen-bond donors (Lipinski definition) is 3. The number of aryl methyl sites for hydroxylation is 2. The van der Waals surface area contributed by atoms with Crippen LogP contribution in [0.1, 0.15) is 17.5 Å². The quantitative estimate of drug-likeness (QED) is 0.209. The zero-order chi connectivity index (χ0) is 26.6. The van der Waals surface area contributed by atoms with Crippen LogP contribution in [0.4, 0.5) is 20.6 Å². The summed E-state index contributed by atoms with van der Waals surface area (Å²) < 4.78 is 14.5. The molecule has 0 radical (unpaired) electrons. The number of thiophene rings is 1. The minimum Gasteiger partial charge on any atom is -0.481 e. The Bertz CT molecular complexity index is 1630. The predicted octanol–water partition coefficient (Wildman–Crippen LogP) is 7.13. The monoisotopic (exact) mass is 526 g/mol. The van der Waals surface area contributed by atoms with Gasteiger partial charge in [0.25, 0.3) is 0 Å². The lowest BCUT2D eigenvalue weighted by molar-refractivity contribution is -0.136. The van der Waals surface area contributed by atoms with Crippen molar-refractivity contribution < 1.29 is 19.1 Å². The third kappa shape index (κ3) is 5.52. The van der Waals surface area contributed by atoms with E-state index in [1.807, 2.05) is 41.8 Å². The molecule has 0 saturated carbocycles. The highest BCUT2D eigenvalue weighted by Crippen LogP contribution is 2.37. The van der Waals surface area contributed by atoms with E-state index in [9.17, 15) is 14.0 Å².